The molecule has 0 aromatic carbocycles. The second-order valence-corrected chi connectivity index (χ2v) is 4.79. The highest BCUT2D eigenvalue weighted by Gasteiger charge is 2.17. The number of hydrogen-bond donors (Lipinski definition) is 2. The number of hydrogen-bond acceptors (Lipinski definition) is 4. The molecule has 2 rings (SSSR count). The molecule has 16 heavy (non-hydrogen) atoms. The Morgan fingerprint density at radius 3 is 2.94 bits per heavy atom. The van der Waals surface area contributed by atoms with E-state index in [0.717, 1.165) is 25.2 Å². The standard InChI is InChI=1S/C12H20N4/c1-8(2)10(13)6-14-12-9-4-3-5-11(9)15-7-16-12/h7-8,10H,3-6,13H2,1-2H3,(H,14,15,16). The highest BCUT2D eigenvalue weighted by molar-refractivity contribution is 5.48. The maximum absolute atomic E-state index is 6.00. The summed E-state index contributed by atoms with van der Waals surface area (Å²) in [7, 11) is 0. The number of fused-ring (bicyclic) bond motifs is 1. The first-order chi connectivity index (χ1) is 7.68. The van der Waals surface area contributed by atoms with Gasteiger partial charge in [0.1, 0.15) is 12.1 Å². The molecule has 88 valence electrons. The second-order valence-electron chi connectivity index (χ2n) is 4.79. The lowest BCUT2D eigenvalue weighted by atomic mass is 10.1. The minimum Gasteiger partial charge on any atom is -0.368 e. The van der Waals surface area contributed by atoms with Crippen LogP contribution in [-0.4, -0.2) is 22.6 Å². The van der Waals surface area contributed by atoms with Crippen molar-refractivity contribution < 1.29 is 0 Å². The van der Waals surface area contributed by atoms with E-state index in [1.54, 1.807) is 6.33 Å². The Hall–Kier alpha value is -1.16. The Balaban J connectivity index is 2.03. The van der Waals surface area contributed by atoms with E-state index >= 15 is 0 Å². The lowest BCUT2D eigenvalue weighted by molar-refractivity contribution is 0.511. The quantitative estimate of drug-likeness (QED) is 0.804. The van der Waals surface area contributed by atoms with Crippen LogP contribution in [0.5, 0.6) is 0 Å². The molecule has 0 spiro atoms. The average molecular weight is 220 g/mol. The van der Waals surface area contributed by atoms with Crippen molar-refractivity contribution in [2.75, 3.05) is 11.9 Å². The summed E-state index contributed by atoms with van der Waals surface area (Å²) in [6.07, 6.45) is 5.02. The van der Waals surface area contributed by atoms with Crippen LogP contribution in [0.1, 0.15) is 31.5 Å². The zero-order valence-electron chi connectivity index (χ0n) is 10.0. The van der Waals surface area contributed by atoms with Crippen LogP contribution in [0.3, 0.4) is 0 Å². The third-order valence-electron chi connectivity index (χ3n) is 3.24. The van der Waals surface area contributed by atoms with Crippen LogP contribution in [0.25, 0.3) is 0 Å². The van der Waals surface area contributed by atoms with Gasteiger partial charge in [-0.1, -0.05) is 13.8 Å². The first-order valence-corrected chi connectivity index (χ1v) is 6.00. The Labute approximate surface area is 96.7 Å². The Morgan fingerprint density at radius 2 is 2.19 bits per heavy atom. The van der Waals surface area contributed by atoms with E-state index in [-0.39, 0.29) is 6.04 Å². The van der Waals surface area contributed by atoms with Gasteiger partial charge in [0.05, 0.1) is 0 Å². The molecule has 3 N–H and O–H groups in total. The minimum atomic E-state index is 0.173. The molecule has 0 bridgehead atoms. The number of anilines is 1. The molecule has 1 aromatic rings. The highest BCUT2D eigenvalue weighted by Crippen LogP contribution is 2.24. The van der Waals surface area contributed by atoms with Crippen LogP contribution < -0.4 is 11.1 Å². The van der Waals surface area contributed by atoms with E-state index in [1.807, 2.05) is 0 Å². The second kappa shape index (κ2) is 4.78. The van der Waals surface area contributed by atoms with Crippen LogP contribution in [0.15, 0.2) is 6.33 Å². The van der Waals surface area contributed by atoms with Gasteiger partial charge >= 0.3 is 0 Å². The molecule has 1 aliphatic rings. The topological polar surface area (TPSA) is 63.8 Å². The summed E-state index contributed by atoms with van der Waals surface area (Å²) in [5.41, 5.74) is 8.50. The van der Waals surface area contributed by atoms with Gasteiger partial charge in [-0.3, -0.25) is 0 Å². The number of rotatable bonds is 4. The molecule has 1 aliphatic carbocycles. The van der Waals surface area contributed by atoms with Crippen molar-refractivity contribution in [3.63, 3.8) is 0 Å². The summed E-state index contributed by atoms with van der Waals surface area (Å²) in [4.78, 5) is 8.60. The number of aromatic nitrogens is 2. The largest absolute Gasteiger partial charge is 0.368 e. The van der Waals surface area contributed by atoms with Crippen LogP contribution >= 0.6 is 0 Å². The summed E-state index contributed by atoms with van der Waals surface area (Å²) in [6.45, 7) is 5.05. The fourth-order valence-corrected chi connectivity index (χ4v) is 1.96. The third-order valence-corrected chi connectivity index (χ3v) is 3.24. The fraction of sp³-hybridized carbons (Fsp3) is 0.667. The minimum absolute atomic E-state index is 0.173. The summed E-state index contributed by atoms with van der Waals surface area (Å²) in [6, 6.07) is 0.173. The van der Waals surface area contributed by atoms with Gasteiger partial charge in [-0.25, -0.2) is 9.97 Å². The van der Waals surface area contributed by atoms with Crippen molar-refractivity contribution in [3.05, 3.63) is 17.6 Å². The third kappa shape index (κ3) is 2.32. The van der Waals surface area contributed by atoms with Crippen molar-refractivity contribution in [3.8, 4) is 0 Å². The summed E-state index contributed by atoms with van der Waals surface area (Å²) in [5, 5.41) is 3.35. The van der Waals surface area contributed by atoms with Crippen molar-refractivity contribution >= 4 is 5.82 Å². The SMILES string of the molecule is CC(C)C(N)CNc1ncnc2c1CCC2. The van der Waals surface area contributed by atoms with Crippen LogP contribution in [0, 0.1) is 5.92 Å². The molecule has 1 aromatic heterocycles. The first kappa shape index (κ1) is 11.3. The van der Waals surface area contributed by atoms with Crippen LogP contribution in [-0.2, 0) is 12.8 Å². The zero-order valence-corrected chi connectivity index (χ0v) is 10.0. The number of nitrogens with one attached hydrogen (secondary N) is 1. The lowest BCUT2D eigenvalue weighted by Crippen LogP contribution is -2.34. The van der Waals surface area contributed by atoms with E-state index in [4.69, 9.17) is 5.73 Å². The maximum atomic E-state index is 6.00. The van der Waals surface area contributed by atoms with Crippen molar-refractivity contribution in [1.29, 1.82) is 0 Å². The molecule has 4 heteroatoms. The first-order valence-electron chi connectivity index (χ1n) is 6.00. The molecule has 1 atom stereocenters. The van der Waals surface area contributed by atoms with Gasteiger partial charge in [0.15, 0.2) is 0 Å². The van der Waals surface area contributed by atoms with Gasteiger partial charge in [-0.2, -0.15) is 0 Å². The molecule has 0 saturated carbocycles. The smallest absolute Gasteiger partial charge is 0.132 e. The molecule has 0 radical (unpaired) electrons. The van der Waals surface area contributed by atoms with Crippen molar-refractivity contribution in [2.45, 2.75) is 39.2 Å². The van der Waals surface area contributed by atoms with Crippen LogP contribution in [0.2, 0.25) is 0 Å². The average Bonchev–Trinajstić information content (AvgIpc) is 2.73. The Bertz CT molecular complexity index is 362. The molecule has 1 unspecified atom stereocenters. The van der Waals surface area contributed by atoms with E-state index in [2.05, 4.69) is 29.1 Å². The predicted octanol–water partition coefficient (Wildman–Crippen LogP) is 1.36. The van der Waals surface area contributed by atoms with E-state index < -0.39 is 0 Å². The fourth-order valence-electron chi connectivity index (χ4n) is 1.96. The van der Waals surface area contributed by atoms with Crippen molar-refractivity contribution in [1.82, 2.24) is 9.97 Å². The molecular weight excluding hydrogens is 200 g/mol. The molecule has 1 heterocycles. The van der Waals surface area contributed by atoms with Gasteiger partial charge in [-0.15, -0.1) is 0 Å². The van der Waals surface area contributed by atoms with Crippen molar-refractivity contribution in [2.24, 2.45) is 11.7 Å². The number of aryl methyl sites for hydroxylation is 1. The van der Waals surface area contributed by atoms with Gasteiger partial charge in [-0.05, 0) is 25.2 Å². The summed E-state index contributed by atoms with van der Waals surface area (Å²) in [5.74, 6) is 1.47. The van der Waals surface area contributed by atoms with Gasteiger partial charge in [0.25, 0.3) is 0 Å². The number of nitrogens with two attached hydrogens (primary N) is 1. The highest BCUT2D eigenvalue weighted by atomic mass is 15.0. The van der Waals surface area contributed by atoms with Crippen LogP contribution in [0.4, 0.5) is 5.82 Å². The molecule has 0 fully saturated rings. The monoisotopic (exact) mass is 220 g/mol. The van der Waals surface area contributed by atoms with Gasteiger partial charge in [0, 0.05) is 23.8 Å². The predicted molar refractivity (Wildman–Crippen MR) is 65.4 cm³/mol. The Kier molecular flexibility index (Phi) is 3.39. The van der Waals surface area contributed by atoms with E-state index in [0.29, 0.717) is 5.92 Å². The molecule has 4 nitrogen and oxygen atoms in total. The zero-order chi connectivity index (χ0) is 11.5. The molecule has 0 amide bonds. The summed E-state index contributed by atoms with van der Waals surface area (Å²) < 4.78 is 0. The lowest BCUT2D eigenvalue weighted by Gasteiger charge is -2.17. The van der Waals surface area contributed by atoms with Gasteiger partial charge in [0.2, 0.25) is 0 Å². The maximum Gasteiger partial charge on any atom is 0.132 e. The number of nitrogens with zero attached hydrogens (tertiary/aromatic N) is 2. The molecule has 0 saturated heterocycles. The molecular formula is C12H20N4. The van der Waals surface area contributed by atoms with E-state index in [9.17, 15) is 0 Å². The normalized spacial score (nSPS) is 16.2. The molecule has 0 aliphatic heterocycles. The van der Waals surface area contributed by atoms with Gasteiger partial charge < -0.3 is 11.1 Å². The summed E-state index contributed by atoms with van der Waals surface area (Å²) >= 11 is 0. The van der Waals surface area contributed by atoms with E-state index in [1.165, 1.54) is 17.7 Å². The Morgan fingerprint density at radius 1 is 1.38 bits per heavy atom.